The Kier molecular flexibility index (Phi) is 6.55. The summed E-state index contributed by atoms with van der Waals surface area (Å²) in [5.74, 6) is -0.113. The molecule has 0 radical (unpaired) electrons. The van der Waals surface area contributed by atoms with Crippen LogP contribution in [0.2, 0.25) is 0 Å². The van der Waals surface area contributed by atoms with E-state index < -0.39 is 6.04 Å². The van der Waals surface area contributed by atoms with Crippen molar-refractivity contribution >= 4 is 5.91 Å². The fourth-order valence-corrected chi connectivity index (χ4v) is 2.27. The van der Waals surface area contributed by atoms with E-state index in [0.717, 1.165) is 24.1 Å². The maximum atomic E-state index is 12.0. The molecule has 2 atom stereocenters. The van der Waals surface area contributed by atoms with Crippen molar-refractivity contribution in [1.82, 2.24) is 15.5 Å². The lowest BCUT2D eigenvalue weighted by atomic mass is 9.99. The minimum atomic E-state index is -0.549. The first-order chi connectivity index (χ1) is 9.96. The van der Waals surface area contributed by atoms with Gasteiger partial charge in [0, 0.05) is 12.1 Å². The third-order valence-electron chi connectivity index (χ3n) is 3.97. The molecule has 0 aromatic carbocycles. The van der Waals surface area contributed by atoms with Gasteiger partial charge in [-0.2, -0.15) is 5.10 Å². The predicted molar refractivity (Wildman–Crippen MR) is 82.9 cm³/mol. The SMILES string of the molecule is CCc1n[nH]c(=O)c(CNC(=O)C(N)C(C)CC)c1CC. The lowest BCUT2D eigenvalue weighted by Crippen LogP contribution is -2.45. The van der Waals surface area contributed by atoms with Crippen LogP contribution in [0.5, 0.6) is 0 Å². The van der Waals surface area contributed by atoms with E-state index in [4.69, 9.17) is 5.73 Å². The summed E-state index contributed by atoms with van der Waals surface area (Å²) in [6, 6.07) is -0.549. The number of nitrogens with one attached hydrogen (secondary N) is 2. The maximum absolute atomic E-state index is 12.0. The van der Waals surface area contributed by atoms with Gasteiger partial charge in [0.1, 0.15) is 0 Å². The summed E-state index contributed by atoms with van der Waals surface area (Å²) in [7, 11) is 0. The average molecular weight is 294 g/mol. The number of carbonyl (C=O) groups is 1. The molecule has 0 aliphatic carbocycles. The molecule has 2 unspecified atom stereocenters. The summed E-state index contributed by atoms with van der Waals surface area (Å²) in [6.07, 6.45) is 2.29. The molecule has 6 nitrogen and oxygen atoms in total. The number of aromatic nitrogens is 2. The summed E-state index contributed by atoms with van der Waals surface area (Å²) in [5.41, 5.74) is 8.00. The van der Waals surface area contributed by atoms with Crippen LogP contribution in [0.4, 0.5) is 0 Å². The summed E-state index contributed by atoms with van der Waals surface area (Å²) < 4.78 is 0. The molecule has 1 heterocycles. The Hall–Kier alpha value is -1.69. The molecule has 0 saturated carbocycles. The highest BCUT2D eigenvalue weighted by molar-refractivity contribution is 5.81. The Labute approximate surface area is 125 Å². The summed E-state index contributed by atoms with van der Waals surface area (Å²) in [5, 5.41) is 9.32. The van der Waals surface area contributed by atoms with E-state index in [0.29, 0.717) is 12.0 Å². The first-order valence-electron chi connectivity index (χ1n) is 7.58. The van der Waals surface area contributed by atoms with Crippen molar-refractivity contribution in [3.63, 3.8) is 0 Å². The number of hydrogen-bond acceptors (Lipinski definition) is 4. The van der Waals surface area contributed by atoms with Crippen LogP contribution >= 0.6 is 0 Å². The molecule has 0 bridgehead atoms. The second kappa shape index (κ2) is 7.93. The number of aromatic amines is 1. The molecular formula is C15H26N4O2. The number of nitrogens with zero attached hydrogens (tertiary/aromatic N) is 1. The van der Waals surface area contributed by atoms with Crippen molar-refractivity contribution in [1.29, 1.82) is 0 Å². The molecule has 1 aromatic heterocycles. The highest BCUT2D eigenvalue weighted by Gasteiger charge is 2.20. The van der Waals surface area contributed by atoms with Gasteiger partial charge in [-0.05, 0) is 24.3 Å². The van der Waals surface area contributed by atoms with Gasteiger partial charge in [-0.15, -0.1) is 0 Å². The van der Waals surface area contributed by atoms with Crippen molar-refractivity contribution in [3.8, 4) is 0 Å². The Bertz CT molecular complexity index is 539. The van der Waals surface area contributed by atoms with Crippen molar-refractivity contribution in [2.45, 2.75) is 59.5 Å². The Balaban J connectivity index is 2.89. The van der Waals surface area contributed by atoms with Gasteiger partial charge in [-0.25, -0.2) is 5.10 Å². The molecule has 0 aliphatic heterocycles. The molecule has 0 saturated heterocycles. The van der Waals surface area contributed by atoms with E-state index in [2.05, 4.69) is 15.5 Å². The fourth-order valence-electron chi connectivity index (χ4n) is 2.27. The van der Waals surface area contributed by atoms with Gasteiger partial charge in [0.15, 0.2) is 0 Å². The van der Waals surface area contributed by atoms with Gasteiger partial charge < -0.3 is 11.1 Å². The molecule has 21 heavy (non-hydrogen) atoms. The molecule has 4 N–H and O–H groups in total. The number of hydrogen-bond donors (Lipinski definition) is 3. The van der Waals surface area contributed by atoms with E-state index in [-0.39, 0.29) is 23.9 Å². The van der Waals surface area contributed by atoms with E-state index in [9.17, 15) is 9.59 Å². The predicted octanol–water partition coefficient (Wildman–Crippen LogP) is 0.884. The number of nitrogens with two attached hydrogens (primary N) is 1. The van der Waals surface area contributed by atoms with Gasteiger partial charge in [0.25, 0.3) is 5.56 Å². The van der Waals surface area contributed by atoms with E-state index in [1.807, 2.05) is 27.7 Å². The van der Waals surface area contributed by atoms with Crippen molar-refractivity contribution in [2.75, 3.05) is 0 Å². The van der Waals surface area contributed by atoms with Crippen LogP contribution in [-0.4, -0.2) is 22.1 Å². The molecule has 0 spiro atoms. The zero-order valence-electron chi connectivity index (χ0n) is 13.3. The lowest BCUT2D eigenvalue weighted by molar-refractivity contribution is -0.123. The van der Waals surface area contributed by atoms with Gasteiger partial charge in [0.2, 0.25) is 5.91 Å². The largest absolute Gasteiger partial charge is 0.350 e. The summed E-state index contributed by atoms with van der Waals surface area (Å²) in [6.45, 7) is 8.09. The molecule has 0 fully saturated rings. The van der Waals surface area contributed by atoms with Gasteiger partial charge in [-0.1, -0.05) is 34.1 Å². The number of carbonyl (C=O) groups excluding carboxylic acids is 1. The zero-order chi connectivity index (χ0) is 16.0. The van der Waals surface area contributed by atoms with Crippen LogP contribution in [-0.2, 0) is 24.2 Å². The fraction of sp³-hybridized carbons (Fsp3) is 0.667. The molecule has 1 aromatic rings. The Morgan fingerprint density at radius 3 is 2.48 bits per heavy atom. The van der Waals surface area contributed by atoms with Crippen LogP contribution in [0.15, 0.2) is 4.79 Å². The van der Waals surface area contributed by atoms with E-state index in [1.54, 1.807) is 0 Å². The molecule has 6 heteroatoms. The minimum Gasteiger partial charge on any atom is -0.350 e. The van der Waals surface area contributed by atoms with Crippen molar-refractivity contribution in [3.05, 3.63) is 27.2 Å². The van der Waals surface area contributed by atoms with E-state index in [1.165, 1.54) is 0 Å². The van der Waals surface area contributed by atoms with Crippen LogP contribution < -0.4 is 16.6 Å². The van der Waals surface area contributed by atoms with Crippen LogP contribution in [0.3, 0.4) is 0 Å². The monoisotopic (exact) mass is 294 g/mol. The smallest absolute Gasteiger partial charge is 0.269 e. The normalized spacial score (nSPS) is 13.8. The summed E-state index contributed by atoms with van der Waals surface area (Å²) >= 11 is 0. The molecule has 118 valence electrons. The van der Waals surface area contributed by atoms with Crippen LogP contribution in [0, 0.1) is 5.92 Å². The molecule has 0 aliphatic rings. The Morgan fingerprint density at radius 1 is 1.29 bits per heavy atom. The van der Waals surface area contributed by atoms with Gasteiger partial charge >= 0.3 is 0 Å². The van der Waals surface area contributed by atoms with E-state index >= 15 is 0 Å². The summed E-state index contributed by atoms with van der Waals surface area (Å²) in [4.78, 5) is 24.0. The third kappa shape index (κ3) is 4.14. The quantitative estimate of drug-likeness (QED) is 0.695. The van der Waals surface area contributed by atoms with Gasteiger partial charge in [0.05, 0.1) is 11.7 Å². The number of amides is 1. The van der Waals surface area contributed by atoms with Crippen molar-refractivity contribution < 1.29 is 4.79 Å². The third-order valence-corrected chi connectivity index (χ3v) is 3.97. The second-order valence-corrected chi connectivity index (χ2v) is 5.29. The zero-order valence-corrected chi connectivity index (χ0v) is 13.3. The maximum Gasteiger partial charge on any atom is 0.269 e. The van der Waals surface area contributed by atoms with Crippen LogP contribution in [0.25, 0.3) is 0 Å². The average Bonchev–Trinajstić information content (AvgIpc) is 2.51. The topological polar surface area (TPSA) is 101 Å². The first-order valence-corrected chi connectivity index (χ1v) is 7.58. The number of H-pyrrole nitrogens is 1. The highest BCUT2D eigenvalue weighted by Crippen LogP contribution is 2.10. The first kappa shape index (κ1) is 17.4. The lowest BCUT2D eigenvalue weighted by Gasteiger charge is -2.18. The Morgan fingerprint density at radius 2 is 1.95 bits per heavy atom. The highest BCUT2D eigenvalue weighted by atomic mass is 16.2. The van der Waals surface area contributed by atoms with Gasteiger partial charge in [-0.3, -0.25) is 9.59 Å². The second-order valence-electron chi connectivity index (χ2n) is 5.29. The molecule has 1 amide bonds. The van der Waals surface area contributed by atoms with Crippen LogP contribution in [0.1, 0.15) is 50.9 Å². The molecule has 1 rings (SSSR count). The number of rotatable bonds is 7. The minimum absolute atomic E-state index is 0.109. The number of aryl methyl sites for hydroxylation is 1. The molecular weight excluding hydrogens is 268 g/mol. The van der Waals surface area contributed by atoms with Crippen molar-refractivity contribution in [2.24, 2.45) is 11.7 Å². The standard InChI is InChI=1S/C15H26N4O2/c1-5-9(4)13(16)15(21)17-8-11-10(6-2)12(7-3)18-19-14(11)20/h9,13H,5-8,16H2,1-4H3,(H,17,21)(H,19,20).